The van der Waals surface area contributed by atoms with Gasteiger partial charge in [-0.2, -0.15) is 0 Å². The standard InChI is InChI=1S/C27H30FN3O6S2/c1-38(32,33)31(11-8-17-9-13-39(34,35)16-17)23-15-24-22(14-21(23)18-2-3-18)25(27-29-10-12-36-30-27)26(37-24)19-4-6-20(28)7-5-19/h4-7,14-15,17-18H,2-3,8-13,16H2,1H3,(H,29,30). The van der Waals surface area contributed by atoms with Crippen LogP contribution in [0.3, 0.4) is 0 Å². The van der Waals surface area contributed by atoms with Crippen molar-refractivity contribution in [2.45, 2.75) is 31.6 Å². The van der Waals surface area contributed by atoms with Gasteiger partial charge in [-0.1, -0.05) is 5.16 Å². The zero-order chi connectivity index (χ0) is 27.4. The highest BCUT2D eigenvalue weighted by Gasteiger charge is 2.34. The van der Waals surface area contributed by atoms with E-state index in [1.165, 1.54) is 22.7 Å². The first-order chi connectivity index (χ1) is 18.6. The zero-order valence-electron chi connectivity index (χ0n) is 21.5. The van der Waals surface area contributed by atoms with Crippen LogP contribution in [-0.4, -0.2) is 60.1 Å². The maximum Gasteiger partial charge on any atom is 0.232 e. The van der Waals surface area contributed by atoms with Crippen LogP contribution in [0.5, 0.6) is 0 Å². The topological polar surface area (TPSA) is 118 Å². The highest BCUT2D eigenvalue weighted by Crippen LogP contribution is 2.48. The summed E-state index contributed by atoms with van der Waals surface area (Å²) in [5, 5.41) is 8.23. The Balaban J connectivity index is 1.48. The first kappa shape index (κ1) is 26.1. The molecule has 2 fully saturated rings. The van der Waals surface area contributed by atoms with Crippen molar-refractivity contribution in [3.8, 4) is 11.3 Å². The van der Waals surface area contributed by atoms with Crippen LogP contribution in [0.2, 0.25) is 0 Å². The Hall–Kier alpha value is -3.12. The van der Waals surface area contributed by atoms with Gasteiger partial charge in [-0.15, -0.1) is 0 Å². The number of oxime groups is 1. The molecule has 3 aliphatic rings. The van der Waals surface area contributed by atoms with Gasteiger partial charge in [-0.05, 0) is 73.4 Å². The van der Waals surface area contributed by atoms with Crippen molar-refractivity contribution >= 4 is 42.4 Å². The second-order valence-corrected chi connectivity index (χ2v) is 14.7. The molecule has 0 radical (unpaired) electrons. The predicted molar refractivity (Wildman–Crippen MR) is 148 cm³/mol. The molecule has 3 heterocycles. The summed E-state index contributed by atoms with van der Waals surface area (Å²) in [5.74, 6) is 0.986. The van der Waals surface area contributed by atoms with Gasteiger partial charge in [0.25, 0.3) is 0 Å². The molecule has 1 aromatic heterocycles. The van der Waals surface area contributed by atoms with Crippen LogP contribution in [0.1, 0.15) is 42.7 Å². The maximum atomic E-state index is 13.7. The third kappa shape index (κ3) is 5.36. The van der Waals surface area contributed by atoms with Crippen LogP contribution in [0.15, 0.2) is 46.0 Å². The smallest absolute Gasteiger partial charge is 0.232 e. The first-order valence-electron chi connectivity index (χ1n) is 13.1. The van der Waals surface area contributed by atoms with Crippen LogP contribution >= 0.6 is 0 Å². The Kier molecular flexibility index (Phi) is 6.57. The van der Waals surface area contributed by atoms with Crippen molar-refractivity contribution < 1.29 is 30.5 Å². The van der Waals surface area contributed by atoms with Crippen LogP contribution in [0, 0.1) is 11.7 Å². The number of halogens is 1. The van der Waals surface area contributed by atoms with Crippen LogP contribution in [0.4, 0.5) is 10.1 Å². The molecular formula is C27H30FN3O6S2. The van der Waals surface area contributed by atoms with E-state index < -0.39 is 19.9 Å². The fraction of sp³-hybridized carbons (Fsp3) is 0.444. The highest BCUT2D eigenvalue weighted by molar-refractivity contribution is 7.92. The fourth-order valence-electron chi connectivity index (χ4n) is 5.48. The van der Waals surface area contributed by atoms with Crippen LogP contribution in [-0.2, 0) is 24.7 Å². The number of anilines is 1. The van der Waals surface area contributed by atoms with Gasteiger partial charge in [0.1, 0.15) is 23.8 Å². The second-order valence-electron chi connectivity index (χ2n) is 10.6. The van der Waals surface area contributed by atoms with Crippen molar-refractivity contribution in [3.63, 3.8) is 0 Å². The van der Waals surface area contributed by atoms with Crippen molar-refractivity contribution in [3.05, 3.63) is 53.3 Å². The molecule has 6 rings (SSSR count). The monoisotopic (exact) mass is 575 g/mol. The predicted octanol–water partition coefficient (Wildman–Crippen LogP) is 3.99. The SMILES string of the molecule is CS(=O)(=O)N(CCC1CCS(=O)(=O)C1)c1cc2oc(-c3ccc(F)cc3)c(C3=NOCCN3)c2cc1C1CC1. The lowest BCUT2D eigenvalue weighted by molar-refractivity contribution is 0.136. The van der Waals surface area contributed by atoms with E-state index in [-0.39, 0.29) is 35.7 Å². The highest BCUT2D eigenvalue weighted by atomic mass is 32.2. The van der Waals surface area contributed by atoms with Crippen molar-refractivity contribution in [1.82, 2.24) is 5.32 Å². The molecule has 1 N–H and O–H groups in total. The van der Waals surface area contributed by atoms with Gasteiger partial charge in [0, 0.05) is 23.6 Å². The van der Waals surface area contributed by atoms with E-state index in [1.54, 1.807) is 18.2 Å². The maximum absolute atomic E-state index is 13.7. The fourth-order valence-corrected chi connectivity index (χ4v) is 8.35. The number of fused-ring (bicyclic) bond motifs is 1. The molecule has 3 aromatic rings. The van der Waals surface area contributed by atoms with Crippen molar-refractivity contribution in [2.75, 3.05) is 41.8 Å². The third-order valence-corrected chi connectivity index (χ3v) is 10.6. The van der Waals surface area contributed by atoms with Gasteiger partial charge < -0.3 is 14.6 Å². The number of furan rings is 1. The molecule has 1 aliphatic carbocycles. The molecule has 2 aliphatic heterocycles. The molecule has 0 amide bonds. The Morgan fingerprint density at radius 2 is 1.92 bits per heavy atom. The average Bonchev–Trinajstić information content (AvgIpc) is 3.58. The van der Waals surface area contributed by atoms with Gasteiger partial charge in [-0.25, -0.2) is 21.2 Å². The molecule has 1 unspecified atom stereocenters. The second kappa shape index (κ2) is 9.81. The van der Waals surface area contributed by atoms with E-state index in [4.69, 9.17) is 9.25 Å². The van der Waals surface area contributed by atoms with Crippen molar-refractivity contribution in [1.29, 1.82) is 0 Å². The minimum atomic E-state index is -3.67. The van der Waals surface area contributed by atoms with E-state index >= 15 is 0 Å². The largest absolute Gasteiger partial charge is 0.455 e. The summed E-state index contributed by atoms with van der Waals surface area (Å²) < 4.78 is 71.5. The van der Waals surface area contributed by atoms with Gasteiger partial charge in [0.05, 0.1) is 35.6 Å². The molecule has 0 spiro atoms. The molecule has 12 heteroatoms. The number of benzene rings is 2. The summed E-state index contributed by atoms with van der Waals surface area (Å²) in [6.45, 7) is 1.17. The number of nitrogens with zero attached hydrogens (tertiary/aromatic N) is 2. The molecule has 0 bridgehead atoms. The molecule has 2 aromatic carbocycles. The van der Waals surface area contributed by atoms with Crippen LogP contribution < -0.4 is 9.62 Å². The number of hydrogen-bond donors (Lipinski definition) is 1. The van der Waals surface area contributed by atoms with E-state index in [0.29, 0.717) is 60.0 Å². The summed E-state index contributed by atoms with van der Waals surface area (Å²) in [6, 6.07) is 9.70. The Morgan fingerprint density at radius 3 is 2.54 bits per heavy atom. The lowest BCUT2D eigenvalue weighted by Crippen LogP contribution is -2.33. The van der Waals surface area contributed by atoms with Gasteiger partial charge in [0.15, 0.2) is 15.7 Å². The minimum absolute atomic E-state index is 0.0666. The van der Waals surface area contributed by atoms with E-state index in [0.717, 1.165) is 23.8 Å². The van der Waals surface area contributed by atoms with E-state index in [2.05, 4.69) is 10.5 Å². The van der Waals surface area contributed by atoms with Crippen LogP contribution in [0.25, 0.3) is 22.3 Å². The van der Waals surface area contributed by atoms with Gasteiger partial charge in [-0.3, -0.25) is 4.31 Å². The van der Waals surface area contributed by atoms with Gasteiger partial charge >= 0.3 is 0 Å². The number of sulfone groups is 1. The van der Waals surface area contributed by atoms with E-state index in [9.17, 15) is 21.2 Å². The number of amidine groups is 1. The summed E-state index contributed by atoms with van der Waals surface area (Å²) >= 11 is 0. The Morgan fingerprint density at radius 1 is 1.15 bits per heavy atom. The molecule has 1 saturated carbocycles. The Bertz CT molecular complexity index is 1660. The first-order valence-corrected chi connectivity index (χ1v) is 16.7. The molecule has 9 nitrogen and oxygen atoms in total. The average molecular weight is 576 g/mol. The molecule has 1 atom stereocenters. The molecular weight excluding hydrogens is 545 g/mol. The Labute approximate surface area is 227 Å². The van der Waals surface area contributed by atoms with E-state index in [1.807, 2.05) is 6.07 Å². The summed E-state index contributed by atoms with van der Waals surface area (Å²) in [4.78, 5) is 5.35. The van der Waals surface area contributed by atoms with Gasteiger partial charge in [0.2, 0.25) is 10.0 Å². The molecule has 208 valence electrons. The summed E-state index contributed by atoms with van der Waals surface area (Å²) in [7, 11) is -6.73. The molecule has 1 saturated heterocycles. The third-order valence-electron chi connectivity index (χ3n) is 7.58. The summed E-state index contributed by atoms with van der Waals surface area (Å²) in [6.07, 6.45) is 4.06. The number of sulfonamides is 1. The number of rotatable bonds is 8. The zero-order valence-corrected chi connectivity index (χ0v) is 23.2. The quantitative estimate of drug-likeness (QED) is 0.432. The number of hydrogen-bond acceptors (Lipinski definition) is 8. The van der Waals surface area contributed by atoms with Crippen molar-refractivity contribution in [2.24, 2.45) is 11.1 Å². The molecule has 39 heavy (non-hydrogen) atoms. The lowest BCUT2D eigenvalue weighted by atomic mass is 9.99. The number of nitrogens with one attached hydrogen (secondary N) is 1. The minimum Gasteiger partial charge on any atom is -0.455 e. The summed E-state index contributed by atoms with van der Waals surface area (Å²) in [5.41, 5.74) is 3.24. The lowest BCUT2D eigenvalue weighted by Gasteiger charge is -2.26. The normalized spacial score (nSPS) is 20.9.